The molecule has 0 spiro atoms. The molecular formula is C20H27N5O4. The highest BCUT2D eigenvalue weighted by atomic mass is 16.2. The number of nitrogens with zero attached hydrogens (tertiary/aromatic N) is 3. The Morgan fingerprint density at radius 1 is 1.21 bits per heavy atom. The fraction of sp³-hybridized carbons (Fsp3) is 0.550. The minimum atomic E-state index is -0.556. The number of fused-ring (bicyclic) bond motifs is 1. The third-order valence-corrected chi connectivity index (χ3v) is 5.10. The van der Waals surface area contributed by atoms with E-state index in [2.05, 4.69) is 15.3 Å². The van der Waals surface area contributed by atoms with Gasteiger partial charge in [-0.3, -0.25) is 23.9 Å². The van der Waals surface area contributed by atoms with Gasteiger partial charge in [-0.15, -0.1) is 0 Å². The zero-order valence-electron chi connectivity index (χ0n) is 16.7. The molecule has 9 nitrogen and oxygen atoms in total. The number of hydrogen-bond acceptors (Lipinski definition) is 5. The molecule has 1 fully saturated rings. The predicted molar refractivity (Wildman–Crippen MR) is 109 cm³/mol. The van der Waals surface area contributed by atoms with Crippen LogP contribution in [0.3, 0.4) is 0 Å². The van der Waals surface area contributed by atoms with E-state index in [1.807, 2.05) is 11.8 Å². The lowest BCUT2D eigenvalue weighted by Gasteiger charge is -2.20. The van der Waals surface area contributed by atoms with E-state index >= 15 is 0 Å². The Morgan fingerprint density at radius 3 is 2.83 bits per heavy atom. The van der Waals surface area contributed by atoms with E-state index in [0.29, 0.717) is 38.9 Å². The number of rotatable bonds is 7. The minimum absolute atomic E-state index is 0.185. The quantitative estimate of drug-likeness (QED) is 0.672. The Balaban J connectivity index is 1.64. The van der Waals surface area contributed by atoms with Crippen LogP contribution < -0.4 is 16.6 Å². The molecule has 0 bridgehead atoms. The molecule has 9 heteroatoms. The van der Waals surface area contributed by atoms with Crippen LogP contribution in [0.15, 0.2) is 21.9 Å². The first kappa shape index (κ1) is 20.8. The van der Waals surface area contributed by atoms with Crippen molar-refractivity contribution in [2.24, 2.45) is 0 Å². The molecule has 29 heavy (non-hydrogen) atoms. The lowest BCUT2D eigenvalue weighted by molar-refractivity contribution is -0.130. The molecule has 156 valence electrons. The third kappa shape index (κ3) is 4.90. The Hall–Kier alpha value is -2.97. The van der Waals surface area contributed by atoms with Crippen molar-refractivity contribution in [3.63, 3.8) is 0 Å². The van der Waals surface area contributed by atoms with Gasteiger partial charge in [0.15, 0.2) is 0 Å². The van der Waals surface area contributed by atoms with Gasteiger partial charge in [0.1, 0.15) is 5.65 Å². The molecule has 2 amide bonds. The molecule has 3 heterocycles. The molecule has 0 saturated carbocycles. The average molecular weight is 401 g/mol. The van der Waals surface area contributed by atoms with Crippen molar-refractivity contribution in [2.45, 2.75) is 52.0 Å². The van der Waals surface area contributed by atoms with Crippen molar-refractivity contribution in [2.75, 3.05) is 19.6 Å². The van der Waals surface area contributed by atoms with Gasteiger partial charge in [0.05, 0.1) is 10.9 Å². The summed E-state index contributed by atoms with van der Waals surface area (Å²) in [5.74, 6) is -0.154. The Morgan fingerprint density at radius 2 is 2.03 bits per heavy atom. The van der Waals surface area contributed by atoms with Crippen molar-refractivity contribution in [3.05, 3.63) is 38.7 Å². The summed E-state index contributed by atoms with van der Waals surface area (Å²) >= 11 is 0. The minimum Gasteiger partial charge on any atom is -0.352 e. The van der Waals surface area contributed by atoms with E-state index in [0.717, 1.165) is 25.8 Å². The summed E-state index contributed by atoms with van der Waals surface area (Å²) in [6.07, 6.45) is 6.41. The van der Waals surface area contributed by atoms with Crippen LogP contribution in [0.2, 0.25) is 0 Å². The highest BCUT2D eigenvalue weighted by Gasteiger charge is 2.16. The van der Waals surface area contributed by atoms with E-state index in [9.17, 15) is 19.2 Å². The van der Waals surface area contributed by atoms with E-state index < -0.39 is 11.2 Å². The summed E-state index contributed by atoms with van der Waals surface area (Å²) in [7, 11) is 0. The summed E-state index contributed by atoms with van der Waals surface area (Å²) in [5, 5.41) is 3.02. The van der Waals surface area contributed by atoms with Crippen LogP contribution in [0, 0.1) is 0 Å². The Bertz CT molecular complexity index is 1010. The normalized spacial score (nSPS) is 14.8. The summed E-state index contributed by atoms with van der Waals surface area (Å²) in [5.41, 5.74) is -0.524. The number of aromatic amines is 1. The maximum absolute atomic E-state index is 12.4. The topological polar surface area (TPSA) is 117 Å². The number of pyridine rings is 1. The van der Waals surface area contributed by atoms with Crippen molar-refractivity contribution in [1.29, 1.82) is 0 Å². The molecule has 2 aromatic rings. The number of amides is 2. The van der Waals surface area contributed by atoms with Crippen LogP contribution in [-0.2, 0) is 11.3 Å². The zero-order chi connectivity index (χ0) is 20.8. The van der Waals surface area contributed by atoms with E-state index in [1.165, 1.54) is 16.8 Å². The lowest BCUT2D eigenvalue weighted by Crippen LogP contribution is -2.34. The summed E-state index contributed by atoms with van der Waals surface area (Å²) in [6, 6.07) is 1.46. The molecule has 2 aromatic heterocycles. The smallest absolute Gasteiger partial charge is 0.329 e. The Kier molecular flexibility index (Phi) is 6.79. The van der Waals surface area contributed by atoms with Crippen LogP contribution >= 0.6 is 0 Å². The second-order valence-corrected chi connectivity index (χ2v) is 7.31. The molecule has 2 N–H and O–H groups in total. The number of hydrogen-bond donors (Lipinski definition) is 2. The van der Waals surface area contributed by atoms with E-state index in [-0.39, 0.29) is 28.4 Å². The van der Waals surface area contributed by atoms with Gasteiger partial charge in [-0.25, -0.2) is 9.78 Å². The number of aryl methyl sites for hydroxylation is 1. The van der Waals surface area contributed by atoms with Gasteiger partial charge in [-0.05, 0) is 31.7 Å². The second-order valence-electron chi connectivity index (χ2n) is 7.31. The molecule has 0 atom stereocenters. The summed E-state index contributed by atoms with van der Waals surface area (Å²) in [4.78, 5) is 56.9. The summed E-state index contributed by atoms with van der Waals surface area (Å²) < 4.78 is 1.40. The van der Waals surface area contributed by atoms with Gasteiger partial charge in [0, 0.05) is 38.8 Å². The summed E-state index contributed by atoms with van der Waals surface area (Å²) in [6.45, 7) is 4.18. The standard InChI is InChI=1S/C20H27N5O4/c1-2-9-25-17-15(19(28)23-20(25)29)12-14(13-22-17)18(27)21-8-6-11-24-10-5-3-4-7-16(24)26/h12-13H,2-11H2,1H3,(H,21,27)(H,23,28,29). The highest BCUT2D eigenvalue weighted by Crippen LogP contribution is 2.11. The van der Waals surface area contributed by atoms with Crippen LogP contribution in [0.25, 0.3) is 11.0 Å². The molecule has 0 aromatic carbocycles. The molecule has 0 aliphatic carbocycles. The molecule has 0 radical (unpaired) electrons. The first-order chi connectivity index (χ1) is 14.0. The number of aromatic nitrogens is 3. The highest BCUT2D eigenvalue weighted by molar-refractivity contribution is 5.96. The van der Waals surface area contributed by atoms with Gasteiger partial charge >= 0.3 is 5.69 Å². The molecule has 1 aliphatic rings. The van der Waals surface area contributed by atoms with Crippen molar-refractivity contribution in [1.82, 2.24) is 24.8 Å². The molecular weight excluding hydrogens is 374 g/mol. The predicted octanol–water partition coefficient (Wildman–Crippen LogP) is 1.02. The second kappa shape index (κ2) is 9.49. The van der Waals surface area contributed by atoms with E-state index in [1.54, 1.807) is 0 Å². The largest absolute Gasteiger partial charge is 0.352 e. The molecule has 1 saturated heterocycles. The first-order valence-corrected chi connectivity index (χ1v) is 10.2. The first-order valence-electron chi connectivity index (χ1n) is 10.2. The van der Waals surface area contributed by atoms with Crippen LogP contribution in [0.1, 0.15) is 55.8 Å². The SMILES string of the molecule is CCCn1c(=O)[nH]c(=O)c2cc(C(=O)NCCCN3CCCCCC3=O)cnc21. The van der Waals surface area contributed by atoms with E-state index in [4.69, 9.17) is 0 Å². The molecule has 0 unspecified atom stereocenters. The van der Waals surface area contributed by atoms with Gasteiger partial charge in [-0.1, -0.05) is 13.3 Å². The monoisotopic (exact) mass is 401 g/mol. The van der Waals surface area contributed by atoms with Gasteiger partial charge in [-0.2, -0.15) is 0 Å². The fourth-order valence-corrected chi connectivity index (χ4v) is 3.57. The lowest BCUT2D eigenvalue weighted by atomic mass is 10.2. The maximum atomic E-state index is 12.4. The van der Waals surface area contributed by atoms with Crippen LogP contribution in [0.5, 0.6) is 0 Å². The van der Waals surface area contributed by atoms with Gasteiger partial charge in [0.2, 0.25) is 5.91 Å². The number of H-pyrrole nitrogens is 1. The maximum Gasteiger partial charge on any atom is 0.329 e. The van der Waals surface area contributed by atoms with Crippen LogP contribution in [-0.4, -0.2) is 50.9 Å². The third-order valence-electron chi connectivity index (χ3n) is 5.10. The molecule has 1 aliphatic heterocycles. The number of carbonyl (C=O) groups excluding carboxylic acids is 2. The number of carbonyl (C=O) groups is 2. The van der Waals surface area contributed by atoms with Gasteiger partial charge in [0.25, 0.3) is 11.5 Å². The van der Waals surface area contributed by atoms with Crippen molar-refractivity contribution < 1.29 is 9.59 Å². The number of nitrogens with one attached hydrogen (secondary N) is 2. The van der Waals surface area contributed by atoms with Crippen molar-refractivity contribution >= 4 is 22.8 Å². The van der Waals surface area contributed by atoms with Gasteiger partial charge < -0.3 is 10.2 Å². The number of likely N-dealkylation sites (tertiary alicyclic amines) is 1. The zero-order valence-corrected chi connectivity index (χ0v) is 16.7. The fourth-order valence-electron chi connectivity index (χ4n) is 3.57. The van der Waals surface area contributed by atoms with Crippen molar-refractivity contribution in [3.8, 4) is 0 Å². The Labute approximate surface area is 168 Å². The average Bonchev–Trinajstić information content (AvgIpc) is 2.92. The van der Waals surface area contributed by atoms with Crippen LogP contribution in [0.4, 0.5) is 0 Å². The molecule has 3 rings (SSSR count).